The van der Waals surface area contributed by atoms with E-state index in [4.69, 9.17) is 10.00 Å². The highest BCUT2D eigenvalue weighted by molar-refractivity contribution is 7.30. The second-order valence-corrected chi connectivity index (χ2v) is 1.73. The molecule has 0 aromatic carbocycles. The third-order valence-electron chi connectivity index (χ3n) is 0.493. The van der Waals surface area contributed by atoms with Gasteiger partial charge in [-0.3, -0.25) is 0 Å². The number of hydrogen-bond donors (Lipinski definition) is 3. The maximum Gasteiger partial charge on any atom is 0.0556 e. The number of rotatable bonds is 4. The van der Waals surface area contributed by atoms with Crippen LogP contribution in [0.25, 0.3) is 0 Å². The van der Waals surface area contributed by atoms with E-state index in [1.54, 1.807) is 0 Å². The molecule has 4 heteroatoms. The smallest absolute Gasteiger partial charge is 0.0556 e. The molecule has 7 heavy (non-hydrogen) atoms. The van der Waals surface area contributed by atoms with E-state index in [-0.39, 0.29) is 15.4 Å². The van der Waals surface area contributed by atoms with Gasteiger partial charge in [0.15, 0.2) is 0 Å². The lowest BCUT2D eigenvalue weighted by molar-refractivity contribution is 0.295. The van der Waals surface area contributed by atoms with Crippen molar-refractivity contribution in [1.82, 2.24) is 5.32 Å². The van der Waals surface area contributed by atoms with Crippen molar-refractivity contribution in [2.45, 2.75) is 0 Å². The maximum absolute atomic E-state index is 8.18. The topological polar surface area (TPSA) is 52.5 Å². The highest BCUT2D eigenvalue weighted by Crippen LogP contribution is 1.93. The summed E-state index contributed by atoms with van der Waals surface area (Å²) in [5.41, 5.74) is 0. The van der Waals surface area contributed by atoms with Crippen molar-refractivity contribution in [3.8, 4) is 0 Å². The van der Waals surface area contributed by atoms with Gasteiger partial charge in [-0.15, -0.1) is 0 Å². The van der Waals surface area contributed by atoms with Crippen LogP contribution in [-0.2, 0) is 0 Å². The Labute approximate surface area is 44.6 Å². The van der Waals surface area contributed by atoms with E-state index in [0.717, 1.165) is 0 Å². The molecule has 3 N–H and O–H groups in total. The molecule has 0 saturated heterocycles. The largest absolute Gasteiger partial charge is 0.395 e. The van der Waals surface area contributed by atoms with Crippen LogP contribution in [-0.4, -0.2) is 29.4 Å². The summed E-state index contributed by atoms with van der Waals surface area (Å²) in [5, 5.41) is 10.9. The van der Waals surface area contributed by atoms with Crippen LogP contribution in [0.3, 0.4) is 0 Å². The zero-order valence-electron chi connectivity index (χ0n) is 4.02. The molecule has 0 aliphatic heterocycles. The Balaban J connectivity index is 2.45. The van der Waals surface area contributed by atoms with Gasteiger partial charge in [0.05, 0.1) is 6.61 Å². The second-order valence-electron chi connectivity index (χ2n) is 1.06. The molecule has 0 aliphatic rings. The molecule has 0 aliphatic carbocycles. The van der Waals surface area contributed by atoms with Crippen molar-refractivity contribution >= 4 is 8.81 Å². The zero-order chi connectivity index (χ0) is 5.54. The highest BCUT2D eigenvalue weighted by Gasteiger charge is 1.78. The first-order valence-corrected chi connectivity index (χ1v) is 3.25. The Bertz CT molecular complexity index is 32.1. The molecule has 0 rings (SSSR count). The molecule has 0 radical (unpaired) electrons. The Morgan fingerprint density at radius 2 is 2.29 bits per heavy atom. The molecule has 1 atom stereocenters. The fourth-order valence-electron chi connectivity index (χ4n) is 0.223. The minimum absolute atomic E-state index is 0.0546. The molecule has 0 saturated carbocycles. The van der Waals surface area contributed by atoms with E-state index in [0.29, 0.717) is 12.8 Å². The van der Waals surface area contributed by atoms with Crippen molar-refractivity contribution in [2.24, 2.45) is 0 Å². The third-order valence-corrected chi connectivity index (χ3v) is 0.901. The second kappa shape index (κ2) is 6.31. The van der Waals surface area contributed by atoms with Crippen LogP contribution in [0.1, 0.15) is 0 Å². The molecule has 0 bridgehead atoms. The predicted molar refractivity (Wildman–Crippen MR) is 30.5 cm³/mol. The normalized spacial score (nSPS) is 11.1. The van der Waals surface area contributed by atoms with Gasteiger partial charge in [0.25, 0.3) is 0 Å². The molecule has 44 valence electrons. The fraction of sp³-hybridized carbons (Fsp3) is 1.00. The predicted octanol–water partition coefficient (Wildman–Crippen LogP) is -0.888. The van der Waals surface area contributed by atoms with E-state index in [1.165, 1.54) is 0 Å². The molecule has 1 unspecified atom stereocenters. The summed E-state index contributed by atoms with van der Waals surface area (Å²) in [7, 11) is -0.0546. The minimum atomic E-state index is -0.0546. The van der Waals surface area contributed by atoms with Gasteiger partial charge in [-0.1, -0.05) is 0 Å². The molecule has 0 amide bonds. The molecule has 0 spiro atoms. The number of nitrogens with one attached hydrogen (secondary N) is 1. The van der Waals surface area contributed by atoms with Gasteiger partial charge >= 0.3 is 0 Å². The summed E-state index contributed by atoms with van der Waals surface area (Å²) in [6, 6.07) is 0. The standard InChI is InChI=1S/C3H10NO2P/c5-2-1-4-3-7-6/h4-7H,1-3H2. The molecular formula is C3H10NO2P. The van der Waals surface area contributed by atoms with Crippen molar-refractivity contribution in [3.05, 3.63) is 0 Å². The summed E-state index contributed by atoms with van der Waals surface area (Å²) in [5.74, 6) is 0. The van der Waals surface area contributed by atoms with Gasteiger partial charge in [0.1, 0.15) is 0 Å². The molecule has 3 nitrogen and oxygen atoms in total. The molecule has 0 fully saturated rings. The Hall–Kier alpha value is 0.310. The Morgan fingerprint density at radius 1 is 1.57 bits per heavy atom. The summed E-state index contributed by atoms with van der Waals surface area (Å²) < 4.78 is 0. The first-order valence-electron chi connectivity index (χ1n) is 2.10. The molecule has 0 aromatic heterocycles. The van der Waals surface area contributed by atoms with Gasteiger partial charge in [-0.2, -0.15) is 0 Å². The number of aliphatic hydroxyl groups is 1. The van der Waals surface area contributed by atoms with Crippen LogP contribution in [0.5, 0.6) is 0 Å². The van der Waals surface area contributed by atoms with Crippen LogP contribution in [0.15, 0.2) is 0 Å². The van der Waals surface area contributed by atoms with Gasteiger partial charge in [0.2, 0.25) is 0 Å². The maximum atomic E-state index is 8.18. The van der Waals surface area contributed by atoms with Crippen LogP contribution < -0.4 is 5.32 Å². The van der Waals surface area contributed by atoms with Gasteiger partial charge in [0, 0.05) is 21.6 Å². The van der Waals surface area contributed by atoms with Crippen molar-refractivity contribution < 1.29 is 10.00 Å². The van der Waals surface area contributed by atoms with Crippen molar-refractivity contribution in [3.63, 3.8) is 0 Å². The molecule has 0 aromatic rings. The number of hydrogen-bond acceptors (Lipinski definition) is 3. The van der Waals surface area contributed by atoms with Crippen LogP contribution >= 0.6 is 8.81 Å². The first-order chi connectivity index (χ1) is 3.41. The highest BCUT2D eigenvalue weighted by atomic mass is 31.1. The van der Waals surface area contributed by atoms with E-state index in [9.17, 15) is 0 Å². The average Bonchev–Trinajstić information content (AvgIpc) is 1.69. The summed E-state index contributed by atoms with van der Waals surface area (Å²) in [6.07, 6.45) is 0.598. The van der Waals surface area contributed by atoms with Gasteiger partial charge < -0.3 is 15.3 Å². The lowest BCUT2D eigenvalue weighted by Gasteiger charge is -1.94. The Morgan fingerprint density at radius 3 is 2.71 bits per heavy atom. The summed E-state index contributed by atoms with van der Waals surface area (Å²) >= 11 is 0. The van der Waals surface area contributed by atoms with Gasteiger partial charge in [-0.25, -0.2) is 0 Å². The molecular weight excluding hydrogens is 113 g/mol. The van der Waals surface area contributed by atoms with E-state index in [1.807, 2.05) is 0 Å². The fourth-order valence-corrected chi connectivity index (χ4v) is 0.512. The average molecular weight is 123 g/mol. The van der Waals surface area contributed by atoms with Crippen LogP contribution in [0, 0.1) is 0 Å². The van der Waals surface area contributed by atoms with Crippen molar-refractivity contribution in [1.29, 1.82) is 0 Å². The summed E-state index contributed by atoms with van der Waals surface area (Å²) in [4.78, 5) is 8.18. The van der Waals surface area contributed by atoms with Gasteiger partial charge in [-0.05, 0) is 0 Å². The first kappa shape index (κ1) is 7.31. The summed E-state index contributed by atoms with van der Waals surface area (Å²) in [6.45, 7) is 0.720. The van der Waals surface area contributed by atoms with Crippen LogP contribution in [0.4, 0.5) is 0 Å². The van der Waals surface area contributed by atoms with E-state index in [2.05, 4.69) is 5.32 Å². The minimum Gasteiger partial charge on any atom is -0.395 e. The SMILES string of the molecule is OCCNCPO. The number of aliphatic hydroxyl groups excluding tert-OH is 1. The lowest BCUT2D eigenvalue weighted by atomic mass is 10.7. The lowest BCUT2D eigenvalue weighted by Crippen LogP contribution is -2.16. The molecule has 0 heterocycles. The van der Waals surface area contributed by atoms with Crippen molar-refractivity contribution in [2.75, 3.05) is 19.4 Å². The zero-order valence-corrected chi connectivity index (χ0v) is 5.02. The monoisotopic (exact) mass is 123 g/mol. The Kier molecular flexibility index (Phi) is 6.59. The van der Waals surface area contributed by atoms with E-state index >= 15 is 0 Å². The van der Waals surface area contributed by atoms with Crippen LogP contribution in [0.2, 0.25) is 0 Å². The van der Waals surface area contributed by atoms with E-state index < -0.39 is 0 Å². The third kappa shape index (κ3) is 6.31. The quantitative estimate of drug-likeness (QED) is 0.336.